The summed E-state index contributed by atoms with van der Waals surface area (Å²) in [6, 6.07) is 8.27. The number of aryl methyl sites for hydroxylation is 1. The van der Waals surface area contributed by atoms with Gasteiger partial charge in [-0.2, -0.15) is 0 Å². The minimum Gasteiger partial charge on any atom is -0.295 e. The highest BCUT2D eigenvalue weighted by Gasteiger charge is 2.14. The Balaban J connectivity index is 2.54. The lowest BCUT2D eigenvalue weighted by Gasteiger charge is -2.05. The molecule has 0 atom stereocenters. The zero-order chi connectivity index (χ0) is 14.0. The van der Waals surface area contributed by atoms with Crippen LogP contribution in [0.4, 0.5) is 0 Å². The summed E-state index contributed by atoms with van der Waals surface area (Å²) in [7, 11) is 0. The average Bonchev–Trinajstić information content (AvgIpc) is 2.65. The number of benzene rings is 1. The summed E-state index contributed by atoms with van der Waals surface area (Å²) >= 11 is 0. The van der Waals surface area contributed by atoms with Crippen molar-refractivity contribution < 1.29 is 0 Å². The Labute approximate surface area is 114 Å². The Bertz CT molecular complexity index is 620. The van der Waals surface area contributed by atoms with Gasteiger partial charge in [-0.05, 0) is 25.3 Å². The Morgan fingerprint density at radius 2 is 2.05 bits per heavy atom. The minimum absolute atomic E-state index is 0.118. The molecule has 0 aliphatic rings. The van der Waals surface area contributed by atoms with E-state index in [4.69, 9.17) is 0 Å². The van der Waals surface area contributed by atoms with Crippen LogP contribution in [0, 0.1) is 12.8 Å². The van der Waals surface area contributed by atoms with Crippen molar-refractivity contribution in [3.63, 3.8) is 0 Å². The predicted octanol–water partition coefficient (Wildman–Crippen LogP) is 3.37. The molecule has 0 amide bonds. The monoisotopic (exact) mass is 258 g/mol. The molecule has 0 saturated carbocycles. The van der Waals surface area contributed by atoms with E-state index in [1.165, 1.54) is 5.56 Å². The normalized spacial score (nSPS) is 11.2. The van der Waals surface area contributed by atoms with Crippen LogP contribution in [0.5, 0.6) is 0 Å². The zero-order valence-corrected chi connectivity index (χ0v) is 12.2. The summed E-state index contributed by atoms with van der Waals surface area (Å²) in [5.41, 5.74) is 4.27. The number of hydrogen-bond acceptors (Lipinski definition) is 1. The maximum Gasteiger partial charge on any atom is 0.270 e. The van der Waals surface area contributed by atoms with Gasteiger partial charge in [0.2, 0.25) is 0 Å². The summed E-state index contributed by atoms with van der Waals surface area (Å²) in [6.07, 6.45) is 0.754. The first kappa shape index (κ1) is 13.7. The van der Waals surface area contributed by atoms with Crippen LogP contribution in [-0.2, 0) is 13.0 Å². The van der Waals surface area contributed by atoms with Crippen LogP contribution in [0.25, 0.3) is 11.3 Å². The quantitative estimate of drug-likeness (QED) is 0.897. The molecule has 1 aromatic carbocycles. The van der Waals surface area contributed by atoms with E-state index in [2.05, 4.69) is 44.1 Å². The minimum atomic E-state index is 0.118. The number of rotatable bonds is 4. The van der Waals surface area contributed by atoms with Crippen LogP contribution in [0.1, 0.15) is 31.9 Å². The van der Waals surface area contributed by atoms with E-state index in [1.807, 2.05) is 13.0 Å². The second kappa shape index (κ2) is 5.47. The van der Waals surface area contributed by atoms with E-state index in [0.29, 0.717) is 5.92 Å². The van der Waals surface area contributed by atoms with Crippen molar-refractivity contribution in [2.24, 2.45) is 5.92 Å². The van der Waals surface area contributed by atoms with Gasteiger partial charge in [0.15, 0.2) is 0 Å². The van der Waals surface area contributed by atoms with Gasteiger partial charge >= 0.3 is 0 Å². The summed E-state index contributed by atoms with van der Waals surface area (Å²) in [4.78, 5) is 12.3. The molecule has 0 unspecified atom stereocenters. The van der Waals surface area contributed by atoms with E-state index in [-0.39, 0.29) is 5.56 Å². The highest BCUT2D eigenvalue weighted by molar-refractivity contribution is 5.63. The van der Waals surface area contributed by atoms with E-state index in [9.17, 15) is 4.79 Å². The van der Waals surface area contributed by atoms with E-state index in [0.717, 1.165) is 29.8 Å². The summed E-state index contributed by atoms with van der Waals surface area (Å²) in [5.74, 6) is 0.450. The topological polar surface area (TPSA) is 37.8 Å². The molecule has 102 valence electrons. The first-order valence-electron chi connectivity index (χ1n) is 6.91. The lowest BCUT2D eigenvalue weighted by Crippen LogP contribution is -2.21. The van der Waals surface area contributed by atoms with Crippen molar-refractivity contribution in [3.8, 4) is 11.3 Å². The molecule has 1 N–H and O–H groups in total. The largest absolute Gasteiger partial charge is 0.295 e. The molecule has 0 aliphatic heterocycles. The van der Waals surface area contributed by atoms with Gasteiger partial charge in [0.25, 0.3) is 5.56 Å². The molecule has 0 spiro atoms. The van der Waals surface area contributed by atoms with Gasteiger partial charge in [-0.15, -0.1) is 0 Å². The van der Waals surface area contributed by atoms with E-state index >= 15 is 0 Å². The molecular weight excluding hydrogens is 236 g/mol. The fraction of sp³-hybridized carbons (Fsp3) is 0.438. The molecule has 0 radical (unpaired) electrons. The summed E-state index contributed by atoms with van der Waals surface area (Å²) < 4.78 is 1.74. The molecule has 0 aliphatic carbocycles. The molecule has 2 rings (SSSR count). The number of nitrogens with one attached hydrogen (secondary N) is 1. The van der Waals surface area contributed by atoms with Gasteiger partial charge in [0.1, 0.15) is 0 Å². The molecule has 0 bridgehead atoms. The van der Waals surface area contributed by atoms with Crippen LogP contribution in [0.3, 0.4) is 0 Å². The highest BCUT2D eigenvalue weighted by atomic mass is 16.1. The van der Waals surface area contributed by atoms with Gasteiger partial charge in [-0.1, -0.05) is 44.5 Å². The summed E-state index contributed by atoms with van der Waals surface area (Å²) in [6.45, 7) is 9.07. The molecule has 19 heavy (non-hydrogen) atoms. The second-order valence-corrected chi connectivity index (χ2v) is 5.50. The third-order valence-electron chi connectivity index (χ3n) is 3.26. The maximum atomic E-state index is 12.3. The van der Waals surface area contributed by atoms with Crippen molar-refractivity contribution in [1.82, 2.24) is 9.78 Å². The first-order chi connectivity index (χ1) is 9.02. The Hall–Kier alpha value is -1.77. The highest BCUT2D eigenvalue weighted by Crippen LogP contribution is 2.21. The van der Waals surface area contributed by atoms with Gasteiger partial charge in [0, 0.05) is 17.7 Å². The fourth-order valence-corrected chi connectivity index (χ4v) is 2.38. The number of hydrogen-bond donors (Lipinski definition) is 1. The summed E-state index contributed by atoms with van der Waals surface area (Å²) in [5, 5.41) is 3.28. The van der Waals surface area contributed by atoms with Gasteiger partial charge < -0.3 is 0 Å². The third-order valence-corrected chi connectivity index (χ3v) is 3.26. The zero-order valence-electron chi connectivity index (χ0n) is 12.2. The number of nitrogens with zero attached hydrogens (tertiary/aromatic N) is 1. The van der Waals surface area contributed by atoms with Crippen LogP contribution in [-0.4, -0.2) is 9.78 Å². The van der Waals surface area contributed by atoms with Gasteiger partial charge in [-0.25, -0.2) is 0 Å². The molecule has 0 fully saturated rings. The lowest BCUT2D eigenvalue weighted by atomic mass is 10.0. The van der Waals surface area contributed by atoms with Crippen LogP contribution in [0.15, 0.2) is 29.1 Å². The van der Waals surface area contributed by atoms with Crippen molar-refractivity contribution in [3.05, 3.63) is 45.7 Å². The smallest absolute Gasteiger partial charge is 0.270 e. The SMILES string of the molecule is CCc1c(-c2cccc(C)c2)[nH]n(CC(C)C)c1=O. The first-order valence-corrected chi connectivity index (χ1v) is 6.91. The fourth-order valence-electron chi connectivity index (χ4n) is 2.38. The predicted molar refractivity (Wildman–Crippen MR) is 79.4 cm³/mol. The van der Waals surface area contributed by atoms with Crippen molar-refractivity contribution in [2.75, 3.05) is 0 Å². The molecule has 3 heteroatoms. The molecule has 0 saturated heterocycles. The molecule has 1 heterocycles. The molecule has 2 aromatic rings. The molecule has 1 aromatic heterocycles. The average molecular weight is 258 g/mol. The van der Waals surface area contributed by atoms with Crippen molar-refractivity contribution >= 4 is 0 Å². The van der Waals surface area contributed by atoms with Crippen molar-refractivity contribution in [1.29, 1.82) is 0 Å². The Kier molecular flexibility index (Phi) is 3.93. The van der Waals surface area contributed by atoms with Crippen LogP contribution < -0.4 is 5.56 Å². The maximum absolute atomic E-state index is 12.3. The third kappa shape index (κ3) is 2.80. The number of H-pyrrole nitrogens is 1. The second-order valence-electron chi connectivity index (χ2n) is 5.50. The lowest BCUT2D eigenvalue weighted by molar-refractivity contribution is 0.473. The number of aromatic amines is 1. The van der Waals surface area contributed by atoms with Crippen molar-refractivity contribution in [2.45, 2.75) is 40.7 Å². The van der Waals surface area contributed by atoms with E-state index in [1.54, 1.807) is 4.68 Å². The molecule has 3 nitrogen and oxygen atoms in total. The van der Waals surface area contributed by atoms with Gasteiger partial charge in [0.05, 0.1) is 5.69 Å². The van der Waals surface area contributed by atoms with Crippen LogP contribution in [0.2, 0.25) is 0 Å². The Morgan fingerprint density at radius 1 is 1.32 bits per heavy atom. The van der Waals surface area contributed by atoms with E-state index < -0.39 is 0 Å². The number of aromatic nitrogens is 2. The Morgan fingerprint density at radius 3 is 2.63 bits per heavy atom. The van der Waals surface area contributed by atoms with Crippen LogP contribution >= 0.6 is 0 Å². The van der Waals surface area contributed by atoms with Gasteiger partial charge in [-0.3, -0.25) is 14.6 Å². The molecular formula is C16H22N2O. The standard InChI is InChI=1S/C16H22N2O/c1-5-14-15(13-8-6-7-12(4)9-13)17-18(16(14)19)10-11(2)3/h6-9,11,17H,5,10H2,1-4H3.